The summed E-state index contributed by atoms with van der Waals surface area (Å²) >= 11 is 0. The molecule has 1 N–H and O–H groups in total. The van der Waals surface area contributed by atoms with E-state index in [0.29, 0.717) is 0 Å². The number of hydrogen-bond acceptors (Lipinski definition) is 4. The van der Waals surface area contributed by atoms with Crippen LogP contribution in [0.3, 0.4) is 0 Å². The molecule has 0 atom stereocenters. The van der Waals surface area contributed by atoms with Crippen LogP contribution in [0.1, 0.15) is 44.2 Å². The number of hydrogen-bond donors (Lipinski definition) is 1. The van der Waals surface area contributed by atoms with Gasteiger partial charge in [-0.05, 0) is 82.0 Å². The van der Waals surface area contributed by atoms with Crippen molar-refractivity contribution in [1.29, 1.82) is 0 Å². The summed E-state index contributed by atoms with van der Waals surface area (Å²) in [5.41, 5.74) is 3.76. The van der Waals surface area contributed by atoms with E-state index in [0.717, 1.165) is 46.8 Å². The maximum atomic E-state index is 12.5. The molecule has 166 valence electrons. The van der Waals surface area contributed by atoms with Gasteiger partial charge in [-0.25, -0.2) is 4.98 Å². The molecular formula is C27H31N3O2. The normalized spacial score (nSPS) is 14.3. The molecule has 0 spiro atoms. The molecule has 3 aromatic rings. The number of nitrogens with zero attached hydrogens (tertiary/aromatic N) is 2. The van der Waals surface area contributed by atoms with Gasteiger partial charge in [0.05, 0.1) is 11.6 Å². The second kappa shape index (κ2) is 9.86. The van der Waals surface area contributed by atoms with Crippen molar-refractivity contribution < 1.29 is 9.53 Å². The number of benzene rings is 2. The molecule has 0 aliphatic carbocycles. The number of ether oxygens (including phenoxy) is 1. The van der Waals surface area contributed by atoms with Crippen LogP contribution in [-0.4, -0.2) is 30.1 Å². The molecule has 1 fully saturated rings. The van der Waals surface area contributed by atoms with Gasteiger partial charge in [-0.3, -0.25) is 4.79 Å². The molecule has 1 aromatic heterocycles. The highest BCUT2D eigenvalue weighted by Gasteiger charge is 2.14. The molecule has 2 heterocycles. The zero-order valence-electron chi connectivity index (χ0n) is 19.1. The van der Waals surface area contributed by atoms with Crippen LogP contribution in [0.25, 0.3) is 17.0 Å². The number of fused-ring (bicyclic) bond motifs is 1. The fraction of sp³-hybridized carbons (Fsp3) is 0.333. The summed E-state index contributed by atoms with van der Waals surface area (Å²) in [5, 5.41) is 4.02. The summed E-state index contributed by atoms with van der Waals surface area (Å²) in [6, 6.07) is 15.8. The highest BCUT2D eigenvalue weighted by molar-refractivity contribution is 6.03. The standard InChI is InChI=1S/C27H31N3O2/c1-19(2)32-25-10-6-5-9-21(25)11-14-27(31)28-22-12-13-24-23(18-22)20(3)17-26(29-24)30-15-7-4-8-16-30/h5-6,9-14,17-19H,4,7-8,15-16H2,1-3H3,(H,28,31)/b14-11+. The number of aromatic nitrogens is 1. The van der Waals surface area contributed by atoms with E-state index in [9.17, 15) is 4.79 Å². The number of piperidine rings is 1. The summed E-state index contributed by atoms with van der Waals surface area (Å²) in [4.78, 5) is 19.8. The van der Waals surface area contributed by atoms with E-state index in [-0.39, 0.29) is 12.0 Å². The second-order valence-electron chi connectivity index (χ2n) is 8.60. The van der Waals surface area contributed by atoms with Crippen LogP contribution in [0, 0.1) is 6.92 Å². The van der Waals surface area contributed by atoms with Crippen LogP contribution in [0.4, 0.5) is 11.5 Å². The first kappa shape index (κ1) is 21.9. The maximum Gasteiger partial charge on any atom is 0.248 e. The van der Waals surface area contributed by atoms with Crippen molar-refractivity contribution >= 4 is 34.4 Å². The number of para-hydroxylation sites is 1. The minimum Gasteiger partial charge on any atom is -0.490 e. The fourth-order valence-electron chi connectivity index (χ4n) is 4.07. The number of amides is 1. The number of carbonyl (C=O) groups excluding carboxylic acids is 1. The molecule has 2 aromatic carbocycles. The first-order valence-electron chi connectivity index (χ1n) is 11.4. The van der Waals surface area contributed by atoms with Gasteiger partial charge in [0.2, 0.25) is 5.91 Å². The Morgan fingerprint density at radius 3 is 2.66 bits per heavy atom. The molecule has 5 nitrogen and oxygen atoms in total. The Labute approximate surface area is 190 Å². The van der Waals surface area contributed by atoms with Crippen molar-refractivity contribution in [2.75, 3.05) is 23.3 Å². The van der Waals surface area contributed by atoms with Crippen LogP contribution in [0.2, 0.25) is 0 Å². The Balaban J connectivity index is 1.49. The number of pyridine rings is 1. The minimum absolute atomic E-state index is 0.0725. The molecule has 0 unspecified atom stereocenters. The summed E-state index contributed by atoms with van der Waals surface area (Å²) < 4.78 is 5.82. The van der Waals surface area contributed by atoms with E-state index in [1.807, 2.05) is 56.3 Å². The van der Waals surface area contributed by atoms with Gasteiger partial charge < -0.3 is 15.0 Å². The topological polar surface area (TPSA) is 54.5 Å². The highest BCUT2D eigenvalue weighted by Crippen LogP contribution is 2.27. The maximum absolute atomic E-state index is 12.5. The lowest BCUT2D eigenvalue weighted by atomic mass is 10.1. The Kier molecular flexibility index (Phi) is 6.74. The molecule has 0 saturated carbocycles. The molecule has 1 amide bonds. The van der Waals surface area contributed by atoms with Crippen LogP contribution < -0.4 is 15.0 Å². The SMILES string of the molecule is Cc1cc(N2CCCCC2)nc2ccc(NC(=O)/C=C/c3ccccc3OC(C)C)cc12. The van der Waals surface area contributed by atoms with Gasteiger partial charge in [0.1, 0.15) is 11.6 Å². The Morgan fingerprint density at radius 1 is 1.09 bits per heavy atom. The lowest BCUT2D eigenvalue weighted by Crippen LogP contribution is -2.30. The van der Waals surface area contributed by atoms with Crippen molar-refractivity contribution in [3.8, 4) is 5.75 Å². The molecule has 1 aliphatic heterocycles. The Hall–Kier alpha value is -3.34. The summed E-state index contributed by atoms with van der Waals surface area (Å²) in [7, 11) is 0. The molecule has 0 radical (unpaired) electrons. The van der Waals surface area contributed by atoms with E-state index < -0.39 is 0 Å². The highest BCUT2D eigenvalue weighted by atomic mass is 16.5. The third kappa shape index (κ3) is 5.28. The molecule has 32 heavy (non-hydrogen) atoms. The van der Waals surface area contributed by atoms with Crippen molar-refractivity contribution in [3.05, 3.63) is 65.7 Å². The summed E-state index contributed by atoms with van der Waals surface area (Å²) in [6.07, 6.45) is 7.15. The smallest absolute Gasteiger partial charge is 0.248 e. The predicted octanol–water partition coefficient (Wildman–Crippen LogP) is 5.97. The van der Waals surface area contributed by atoms with Gasteiger partial charge in [0, 0.05) is 35.8 Å². The van der Waals surface area contributed by atoms with Crippen LogP contribution in [0.5, 0.6) is 5.75 Å². The average molecular weight is 430 g/mol. The van der Waals surface area contributed by atoms with Crippen molar-refractivity contribution in [3.63, 3.8) is 0 Å². The molecule has 1 aliphatic rings. The van der Waals surface area contributed by atoms with Crippen molar-refractivity contribution in [1.82, 2.24) is 4.98 Å². The quantitative estimate of drug-likeness (QED) is 0.490. The third-order valence-electron chi connectivity index (χ3n) is 5.65. The van der Waals surface area contributed by atoms with E-state index in [4.69, 9.17) is 9.72 Å². The number of anilines is 2. The summed E-state index contributed by atoms with van der Waals surface area (Å²) in [6.45, 7) is 8.22. The fourth-order valence-corrected chi connectivity index (χ4v) is 4.07. The molecule has 0 bridgehead atoms. The monoisotopic (exact) mass is 429 g/mol. The van der Waals surface area contributed by atoms with Gasteiger partial charge in [0.15, 0.2) is 0 Å². The number of rotatable bonds is 6. The molecule has 5 heteroatoms. The zero-order valence-corrected chi connectivity index (χ0v) is 19.1. The first-order chi connectivity index (χ1) is 15.5. The van der Waals surface area contributed by atoms with Crippen LogP contribution in [0.15, 0.2) is 54.6 Å². The summed E-state index contributed by atoms with van der Waals surface area (Å²) in [5.74, 6) is 1.64. The van der Waals surface area contributed by atoms with Gasteiger partial charge in [0.25, 0.3) is 0 Å². The molecular weight excluding hydrogens is 398 g/mol. The van der Waals surface area contributed by atoms with Crippen molar-refractivity contribution in [2.45, 2.75) is 46.1 Å². The Bertz CT molecular complexity index is 1130. The zero-order chi connectivity index (χ0) is 22.5. The number of nitrogens with one attached hydrogen (secondary N) is 1. The van der Waals surface area contributed by atoms with E-state index in [1.165, 1.54) is 30.9 Å². The first-order valence-corrected chi connectivity index (χ1v) is 11.4. The van der Waals surface area contributed by atoms with E-state index in [2.05, 4.69) is 23.2 Å². The molecule has 1 saturated heterocycles. The van der Waals surface area contributed by atoms with Crippen LogP contribution in [-0.2, 0) is 4.79 Å². The third-order valence-corrected chi connectivity index (χ3v) is 5.65. The number of carbonyl (C=O) groups is 1. The molecule has 4 rings (SSSR count). The predicted molar refractivity (Wildman–Crippen MR) is 132 cm³/mol. The lowest BCUT2D eigenvalue weighted by molar-refractivity contribution is -0.111. The number of aryl methyl sites for hydroxylation is 1. The van der Waals surface area contributed by atoms with Crippen LogP contribution >= 0.6 is 0 Å². The Morgan fingerprint density at radius 2 is 1.88 bits per heavy atom. The van der Waals surface area contributed by atoms with Gasteiger partial charge in [-0.1, -0.05) is 18.2 Å². The van der Waals surface area contributed by atoms with Gasteiger partial charge >= 0.3 is 0 Å². The second-order valence-corrected chi connectivity index (χ2v) is 8.60. The van der Waals surface area contributed by atoms with E-state index >= 15 is 0 Å². The lowest BCUT2D eigenvalue weighted by Gasteiger charge is -2.28. The van der Waals surface area contributed by atoms with Gasteiger partial charge in [-0.2, -0.15) is 0 Å². The van der Waals surface area contributed by atoms with E-state index in [1.54, 1.807) is 6.08 Å². The largest absolute Gasteiger partial charge is 0.490 e. The minimum atomic E-state index is -0.181. The van der Waals surface area contributed by atoms with Gasteiger partial charge in [-0.15, -0.1) is 0 Å². The average Bonchev–Trinajstić information content (AvgIpc) is 2.79. The van der Waals surface area contributed by atoms with Crippen molar-refractivity contribution in [2.24, 2.45) is 0 Å².